The summed E-state index contributed by atoms with van der Waals surface area (Å²) >= 11 is 0. The van der Waals surface area contributed by atoms with Crippen molar-refractivity contribution in [2.45, 2.75) is 45.2 Å². The Balaban J connectivity index is 2.80. The molecule has 0 aliphatic carbocycles. The molecule has 5 heteroatoms. The zero-order valence-corrected chi connectivity index (χ0v) is 9.77. The number of hydrogen-bond donors (Lipinski definition) is 3. The van der Waals surface area contributed by atoms with Gasteiger partial charge >= 0.3 is 5.97 Å². The van der Waals surface area contributed by atoms with Crippen LogP contribution in [-0.4, -0.2) is 29.1 Å². The number of nitrogens with one attached hydrogen (secondary N) is 1. The van der Waals surface area contributed by atoms with Crippen LogP contribution in [0, 0.1) is 11.8 Å². The van der Waals surface area contributed by atoms with Crippen LogP contribution >= 0.6 is 0 Å². The van der Waals surface area contributed by atoms with E-state index in [1.54, 1.807) is 0 Å². The van der Waals surface area contributed by atoms with Gasteiger partial charge in [0.1, 0.15) is 6.04 Å². The fourth-order valence-electron chi connectivity index (χ4n) is 1.96. The normalized spacial score (nSPS) is 36.8. The maximum atomic E-state index is 11.5. The molecule has 0 aromatic carbocycles. The lowest BCUT2D eigenvalue weighted by Gasteiger charge is -2.21. The minimum absolute atomic E-state index is 0.270. The van der Waals surface area contributed by atoms with Crippen molar-refractivity contribution in [3.8, 4) is 0 Å². The molecule has 0 aromatic heterocycles. The molecule has 1 rings (SSSR count). The molecule has 4 N–H and O–H groups in total. The van der Waals surface area contributed by atoms with E-state index in [0.29, 0.717) is 18.8 Å². The highest BCUT2D eigenvalue weighted by Gasteiger charge is 2.29. The maximum absolute atomic E-state index is 11.5. The van der Waals surface area contributed by atoms with E-state index in [0.717, 1.165) is 6.42 Å². The number of carboxylic acids is 1. The molecular formula is C11H20N2O3. The van der Waals surface area contributed by atoms with Crippen molar-refractivity contribution in [2.75, 3.05) is 0 Å². The highest BCUT2D eigenvalue weighted by molar-refractivity contribution is 5.86. The standard InChI is InChI=1S/C11H20N2O3/c1-6-3-4-8(12)10(14)13-9(11(15)16)5-7(6)2/h6-9H,3-5,12H2,1-2H3,(H,13,14)(H,15,16). The van der Waals surface area contributed by atoms with E-state index in [2.05, 4.69) is 12.2 Å². The summed E-state index contributed by atoms with van der Waals surface area (Å²) in [6.45, 7) is 4.09. The Bertz CT molecular complexity index is 280. The first-order valence-corrected chi connectivity index (χ1v) is 5.70. The number of carbonyl (C=O) groups excluding carboxylic acids is 1. The van der Waals surface area contributed by atoms with Gasteiger partial charge in [0.15, 0.2) is 0 Å². The molecule has 4 unspecified atom stereocenters. The Labute approximate surface area is 95.4 Å². The minimum atomic E-state index is -0.985. The lowest BCUT2D eigenvalue weighted by molar-refractivity contribution is -0.142. The molecule has 0 radical (unpaired) electrons. The van der Waals surface area contributed by atoms with Gasteiger partial charge in [-0.3, -0.25) is 4.79 Å². The minimum Gasteiger partial charge on any atom is -0.480 e. The molecule has 92 valence electrons. The van der Waals surface area contributed by atoms with Gasteiger partial charge in [-0.2, -0.15) is 0 Å². The van der Waals surface area contributed by atoms with Gasteiger partial charge in [0, 0.05) is 0 Å². The lowest BCUT2D eigenvalue weighted by atomic mass is 9.86. The van der Waals surface area contributed by atoms with Gasteiger partial charge in [0.05, 0.1) is 6.04 Å². The van der Waals surface area contributed by atoms with Gasteiger partial charge in [-0.1, -0.05) is 13.8 Å². The van der Waals surface area contributed by atoms with Gasteiger partial charge in [-0.15, -0.1) is 0 Å². The van der Waals surface area contributed by atoms with Crippen LogP contribution in [0.5, 0.6) is 0 Å². The zero-order valence-electron chi connectivity index (χ0n) is 9.77. The van der Waals surface area contributed by atoms with Crippen molar-refractivity contribution in [1.29, 1.82) is 0 Å². The van der Waals surface area contributed by atoms with Crippen molar-refractivity contribution in [2.24, 2.45) is 17.6 Å². The Morgan fingerprint density at radius 1 is 1.38 bits per heavy atom. The second-order valence-electron chi connectivity index (χ2n) is 4.77. The summed E-state index contributed by atoms with van der Waals surface area (Å²) in [6, 6.07) is -1.40. The summed E-state index contributed by atoms with van der Waals surface area (Å²) < 4.78 is 0. The van der Waals surface area contributed by atoms with Crippen molar-refractivity contribution in [3.05, 3.63) is 0 Å². The molecule has 16 heavy (non-hydrogen) atoms. The van der Waals surface area contributed by atoms with E-state index in [1.165, 1.54) is 0 Å². The van der Waals surface area contributed by atoms with Crippen LogP contribution in [0.1, 0.15) is 33.1 Å². The third-order valence-electron chi connectivity index (χ3n) is 3.46. The summed E-state index contributed by atoms with van der Waals surface area (Å²) in [5.41, 5.74) is 5.68. The van der Waals surface area contributed by atoms with Gasteiger partial charge in [0.2, 0.25) is 5.91 Å². The topological polar surface area (TPSA) is 92.4 Å². The van der Waals surface area contributed by atoms with Crippen LogP contribution in [-0.2, 0) is 9.59 Å². The van der Waals surface area contributed by atoms with E-state index in [1.807, 2.05) is 6.92 Å². The molecule has 0 spiro atoms. The van der Waals surface area contributed by atoms with Crippen LogP contribution in [0.3, 0.4) is 0 Å². The van der Waals surface area contributed by atoms with E-state index in [9.17, 15) is 9.59 Å². The summed E-state index contributed by atoms with van der Waals surface area (Å²) in [4.78, 5) is 22.5. The summed E-state index contributed by atoms with van der Waals surface area (Å²) in [6.07, 6.45) is 1.95. The molecule has 0 saturated carbocycles. The highest BCUT2D eigenvalue weighted by Crippen LogP contribution is 2.23. The van der Waals surface area contributed by atoms with E-state index in [4.69, 9.17) is 10.8 Å². The molecule has 1 heterocycles. The van der Waals surface area contributed by atoms with Crippen LogP contribution in [0.25, 0.3) is 0 Å². The van der Waals surface area contributed by atoms with Crippen LogP contribution in [0.2, 0.25) is 0 Å². The number of nitrogens with two attached hydrogens (primary N) is 1. The monoisotopic (exact) mass is 228 g/mol. The Morgan fingerprint density at radius 2 is 2.00 bits per heavy atom. The second-order valence-corrected chi connectivity index (χ2v) is 4.77. The molecule has 1 amide bonds. The summed E-state index contributed by atoms with van der Waals surface area (Å²) in [7, 11) is 0. The number of carboxylic acid groups (broad SMARTS) is 1. The van der Waals surface area contributed by atoms with Gasteiger partial charge in [-0.05, 0) is 31.1 Å². The first-order chi connectivity index (χ1) is 7.41. The van der Waals surface area contributed by atoms with Crippen LogP contribution in [0.4, 0.5) is 0 Å². The van der Waals surface area contributed by atoms with E-state index < -0.39 is 18.1 Å². The largest absolute Gasteiger partial charge is 0.480 e. The Kier molecular flexibility index (Phi) is 4.29. The Hall–Kier alpha value is -1.10. The third-order valence-corrected chi connectivity index (χ3v) is 3.46. The number of hydrogen-bond acceptors (Lipinski definition) is 3. The summed E-state index contributed by atoms with van der Waals surface area (Å²) in [5, 5.41) is 11.5. The van der Waals surface area contributed by atoms with E-state index >= 15 is 0 Å². The SMILES string of the molecule is CC1CCC(N)C(=O)NC(C(=O)O)CC1C. The fourth-order valence-corrected chi connectivity index (χ4v) is 1.96. The van der Waals surface area contributed by atoms with Crippen molar-refractivity contribution in [1.82, 2.24) is 5.32 Å². The lowest BCUT2D eigenvalue weighted by Crippen LogP contribution is -2.48. The van der Waals surface area contributed by atoms with E-state index in [-0.39, 0.29) is 11.8 Å². The predicted octanol–water partition coefficient (Wildman–Crippen LogP) is 0.339. The van der Waals surface area contributed by atoms with Gasteiger partial charge in [0.25, 0.3) is 0 Å². The van der Waals surface area contributed by atoms with Crippen LogP contribution < -0.4 is 11.1 Å². The zero-order chi connectivity index (χ0) is 12.3. The van der Waals surface area contributed by atoms with Crippen molar-refractivity contribution in [3.63, 3.8) is 0 Å². The van der Waals surface area contributed by atoms with Gasteiger partial charge < -0.3 is 16.2 Å². The van der Waals surface area contributed by atoms with Gasteiger partial charge in [-0.25, -0.2) is 4.79 Å². The predicted molar refractivity (Wildman–Crippen MR) is 59.7 cm³/mol. The first-order valence-electron chi connectivity index (χ1n) is 5.70. The average Bonchev–Trinajstić information content (AvgIpc) is 2.26. The van der Waals surface area contributed by atoms with Crippen molar-refractivity contribution >= 4 is 11.9 Å². The molecule has 0 bridgehead atoms. The molecular weight excluding hydrogens is 208 g/mol. The molecule has 1 saturated heterocycles. The number of aliphatic carboxylic acids is 1. The smallest absolute Gasteiger partial charge is 0.326 e. The molecule has 4 atom stereocenters. The van der Waals surface area contributed by atoms with Crippen molar-refractivity contribution < 1.29 is 14.7 Å². The highest BCUT2D eigenvalue weighted by atomic mass is 16.4. The Morgan fingerprint density at radius 3 is 2.56 bits per heavy atom. The maximum Gasteiger partial charge on any atom is 0.326 e. The molecule has 5 nitrogen and oxygen atoms in total. The molecule has 1 fully saturated rings. The number of amides is 1. The quantitative estimate of drug-likeness (QED) is 0.603. The first kappa shape index (κ1) is 13.0. The average molecular weight is 228 g/mol. The second kappa shape index (κ2) is 5.30. The molecule has 1 aliphatic rings. The summed E-state index contributed by atoms with van der Waals surface area (Å²) in [5.74, 6) is -0.678. The number of carbonyl (C=O) groups is 2. The third kappa shape index (κ3) is 3.20. The molecule has 1 aliphatic heterocycles. The fraction of sp³-hybridized carbons (Fsp3) is 0.818. The van der Waals surface area contributed by atoms with Crippen LogP contribution in [0.15, 0.2) is 0 Å². The number of rotatable bonds is 1. The molecule has 0 aromatic rings.